The van der Waals surface area contributed by atoms with Crippen molar-refractivity contribution in [3.05, 3.63) is 229 Å². The van der Waals surface area contributed by atoms with Crippen LogP contribution in [0.5, 0.6) is 0 Å². The standard InChI is InChI=1S/C62H39N3O2/c1-37-28-52(63-62(45-26-27-57-50(32-45)48-23-10-12-25-56(48)66-57)64-61(37)44-21-13-20-39(29-44)38-14-3-2-4-15-38)46-34-55(60-51-31-41-17-6-8-19-43(41)35-58(51)67-59(60)36-46)65-53-24-11-9-22-47(53)49-30-40-16-5-7-18-42(40)33-54(49)65/h2-27,29-36H,28H2,1H3. The summed E-state index contributed by atoms with van der Waals surface area (Å²) < 4.78 is 15.7. The van der Waals surface area contributed by atoms with E-state index >= 15 is 0 Å². The zero-order valence-electron chi connectivity index (χ0n) is 36.5. The second-order valence-electron chi connectivity index (χ2n) is 17.8. The van der Waals surface area contributed by atoms with Crippen LogP contribution in [-0.2, 0) is 0 Å². The lowest BCUT2D eigenvalue weighted by molar-refractivity contribution is 0.668. The first-order valence-corrected chi connectivity index (χ1v) is 22.8. The van der Waals surface area contributed by atoms with Gasteiger partial charge in [0, 0.05) is 50.0 Å². The molecule has 0 spiro atoms. The van der Waals surface area contributed by atoms with Gasteiger partial charge in [0.05, 0.1) is 33.5 Å². The van der Waals surface area contributed by atoms with Gasteiger partial charge in [-0.3, -0.25) is 0 Å². The number of fused-ring (bicyclic) bond motifs is 11. The van der Waals surface area contributed by atoms with Gasteiger partial charge in [-0.25, -0.2) is 9.98 Å². The minimum absolute atomic E-state index is 0.571. The quantitative estimate of drug-likeness (QED) is 0.173. The van der Waals surface area contributed by atoms with E-state index in [0.29, 0.717) is 12.3 Å². The summed E-state index contributed by atoms with van der Waals surface area (Å²) >= 11 is 0. The molecular formula is C62H39N3O2. The summed E-state index contributed by atoms with van der Waals surface area (Å²) in [5.41, 5.74) is 14.8. The maximum absolute atomic E-state index is 7.00. The average Bonchev–Trinajstić information content (AvgIpc) is 4.00. The molecule has 5 heteroatoms. The molecule has 3 aromatic heterocycles. The summed E-state index contributed by atoms with van der Waals surface area (Å²) in [5.74, 6) is 0.639. The number of para-hydroxylation sites is 2. The topological polar surface area (TPSA) is 55.9 Å². The highest BCUT2D eigenvalue weighted by Gasteiger charge is 2.24. The summed E-state index contributed by atoms with van der Waals surface area (Å²) in [4.78, 5) is 11.2. The zero-order valence-corrected chi connectivity index (χ0v) is 36.5. The Morgan fingerprint density at radius 1 is 0.388 bits per heavy atom. The van der Waals surface area contributed by atoms with Crippen LogP contribution in [0, 0.1) is 0 Å². The molecule has 4 heterocycles. The van der Waals surface area contributed by atoms with Gasteiger partial charge in [-0.05, 0) is 118 Å². The number of nitrogens with zero attached hydrogens (tertiary/aromatic N) is 3. The van der Waals surface area contributed by atoms with Crippen molar-refractivity contribution in [2.75, 3.05) is 0 Å². The van der Waals surface area contributed by atoms with Crippen molar-refractivity contribution in [1.82, 2.24) is 4.57 Å². The monoisotopic (exact) mass is 857 g/mol. The Balaban J connectivity index is 1.04. The fourth-order valence-corrected chi connectivity index (χ4v) is 10.5. The van der Waals surface area contributed by atoms with Crippen molar-refractivity contribution in [2.24, 2.45) is 9.98 Å². The molecule has 10 aromatic carbocycles. The molecule has 0 amide bonds. The highest BCUT2D eigenvalue weighted by atomic mass is 16.3. The van der Waals surface area contributed by atoms with Gasteiger partial charge in [0.2, 0.25) is 0 Å². The Bertz CT molecular complexity index is 4310. The Kier molecular flexibility index (Phi) is 8.19. The predicted octanol–water partition coefficient (Wildman–Crippen LogP) is 16.6. The molecule has 1 aliphatic rings. The van der Waals surface area contributed by atoms with Gasteiger partial charge < -0.3 is 13.4 Å². The van der Waals surface area contributed by atoms with Gasteiger partial charge in [-0.1, -0.05) is 133 Å². The number of aliphatic imine (C=N–C) groups is 2. The lowest BCUT2D eigenvalue weighted by Crippen LogP contribution is -2.07. The summed E-state index contributed by atoms with van der Waals surface area (Å²) in [6.07, 6.45) is 0.571. The lowest BCUT2D eigenvalue weighted by Gasteiger charge is -2.14. The van der Waals surface area contributed by atoms with E-state index in [4.69, 9.17) is 18.8 Å². The first-order chi connectivity index (χ1) is 33.1. The summed E-state index contributed by atoms with van der Waals surface area (Å²) in [6.45, 7) is 2.20. The second-order valence-corrected chi connectivity index (χ2v) is 17.8. The smallest absolute Gasteiger partial charge is 0.160 e. The molecule has 13 aromatic rings. The molecule has 0 saturated carbocycles. The number of allylic oxidation sites excluding steroid dienone is 1. The average molecular weight is 858 g/mol. The Hall–Kier alpha value is -8.80. The van der Waals surface area contributed by atoms with Gasteiger partial charge in [0.1, 0.15) is 22.3 Å². The van der Waals surface area contributed by atoms with Crippen LogP contribution in [0.15, 0.2) is 231 Å². The van der Waals surface area contributed by atoms with E-state index in [9.17, 15) is 0 Å². The first-order valence-electron chi connectivity index (χ1n) is 22.8. The van der Waals surface area contributed by atoms with Gasteiger partial charge in [0.15, 0.2) is 5.84 Å². The third-order valence-corrected chi connectivity index (χ3v) is 13.7. The summed E-state index contributed by atoms with van der Waals surface area (Å²) in [6, 6.07) is 73.4. The molecule has 314 valence electrons. The number of hydrogen-bond acceptors (Lipinski definition) is 4. The summed E-state index contributed by atoms with van der Waals surface area (Å²) in [7, 11) is 0. The first kappa shape index (κ1) is 37.6. The molecule has 0 bridgehead atoms. The molecule has 0 aliphatic carbocycles. The molecule has 1 aliphatic heterocycles. The normalized spacial score (nSPS) is 13.5. The highest BCUT2D eigenvalue weighted by Crippen LogP contribution is 2.43. The third kappa shape index (κ3) is 6.02. The van der Waals surface area contributed by atoms with E-state index < -0.39 is 0 Å². The number of aromatic nitrogens is 1. The van der Waals surface area contributed by atoms with Crippen molar-refractivity contribution in [3.8, 4) is 16.8 Å². The molecule has 0 atom stereocenters. The van der Waals surface area contributed by atoms with E-state index in [1.54, 1.807) is 0 Å². The molecule has 0 N–H and O–H groups in total. The molecule has 0 radical (unpaired) electrons. The highest BCUT2D eigenvalue weighted by molar-refractivity contribution is 6.22. The Morgan fingerprint density at radius 3 is 1.88 bits per heavy atom. The van der Waals surface area contributed by atoms with Crippen LogP contribution in [0.4, 0.5) is 0 Å². The van der Waals surface area contributed by atoms with Crippen LogP contribution in [0.25, 0.3) is 110 Å². The predicted molar refractivity (Wildman–Crippen MR) is 279 cm³/mol. The van der Waals surface area contributed by atoms with Crippen molar-refractivity contribution in [3.63, 3.8) is 0 Å². The second kappa shape index (κ2) is 14.6. The molecular weight excluding hydrogens is 819 g/mol. The molecule has 67 heavy (non-hydrogen) atoms. The minimum Gasteiger partial charge on any atom is -0.456 e. The molecule has 0 saturated heterocycles. The van der Waals surface area contributed by atoms with E-state index in [2.05, 4.69) is 200 Å². The van der Waals surface area contributed by atoms with Crippen molar-refractivity contribution in [2.45, 2.75) is 13.3 Å². The zero-order chi connectivity index (χ0) is 44.2. The molecule has 14 rings (SSSR count). The fourth-order valence-electron chi connectivity index (χ4n) is 10.5. The van der Waals surface area contributed by atoms with E-state index in [-0.39, 0.29) is 0 Å². The van der Waals surface area contributed by atoms with Crippen molar-refractivity contribution in [1.29, 1.82) is 0 Å². The van der Waals surface area contributed by atoms with Crippen molar-refractivity contribution >= 4 is 104 Å². The van der Waals surface area contributed by atoms with Gasteiger partial charge in [-0.2, -0.15) is 0 Å². The molecule has 0 fully saturated rings. The number of amidine groups is 1. The largest absolute Gasteiger partial charge is 0.456 e. The van der Waals surface area contributed by atoms with E-state index in [0.717, 1.165) is 111 Å². The van der Waals surface area contributed by atoms with E-state index in [1.165, 1.54) is 26.9 Å². The number of furan rings is 2. The van der Waals surface area contributed by atoms with Gasteiger partial charge in [0.25, 0.3) is 0 Å². The number of rotatable bonds is 5. The van der Waals surface area contributed by atoms with Crippen LogP contribution in [0.1, 0.15) is 30.0 Å². The minimum atomic E-state index is 0.571. The van der Waals surface area contributed by atoms with Crippen LogP contribution in [0.2, 0.25) is 0 Å². The van der Waals surface area contributed by atoms with Gasteiger partial charge in [-0.15, -0.1) is 0 Å². The van der Waals surface area contributed by atoms with Crippen molar-refractivity contribution < 1.29 is 8.83 Å². The Labute approximate surface area is 384 Å². The SMILES string of the molecule is CC1=C(c2cccc(-c3ccccc3)c2)N=C(c2ccc3oc4ccccc4c3c2)N=C(c2cc(-n3c4ccccc4c4cc5ccccc5cc43)c3c(c2)oc2cc4ccccc4cc23)C1. The number of hydrogen-bond donors (Lipinski definition) is 0. The summed E-state index contributed by atoms with van der Waals surface area (Å²) in [5, 5.41) is 11.3. The van der Waals surface area contributed by atoms with Crippen LogP contribution < -0.4 is 0 Å². The van der Waals surface area contributed by atoms with E-state index in [1.807, 2.05) is 18.2 Å². The maximum Gasteiger partial charge on any atom is 0.160 e. The molecule has 5 nitrogen and oxygen atoms in total. The fraction of sp³-hybridized carbons (Fsp3) is 0.0323. The van der Waals surface area contributed by atoms with Crippen LogP contribution >= 0.6 is 0 Å². The maximum atomic E-state index is 7.00. The van der Waals surface area contributed by atoms with Crippen LogP contribution in [0.3, 0.4) is 0 Å². The lowest BCUT2D eigenvalue weighted by atomic mass is 9.96. The Morgan fingerprint density at radius 2 is 1.04 bits per heavy atom. The van der Waals surface area contributed by atoms with Crippen LogP contribution in [-0.4, -0.2) is 16.1 Å². The van der Waals surface area contributed by atoms with Gasteiger partial charge >= 0.3 is 0 Å². The number of benzene rings is 10. The molecule has 0 unspecified atom stereocenters. The third-order valence-electron chi connectivity index (χ3n) is 13.7.